The minimum atomic E-state index is -0.302. The number of aryl methyl sites for hydroxylation is 2. The van der Waals surface area contributed by atoms with Crippen molar-refractivity contribution in [2.75, 3.05) is 19.6 Å². The van der Waals surface area contributed by atoms with Crippen molar-refractivity contribution in [1.82, 2.24) is 9.88 Å². The first-order valence-electron chi connectivity index (χ1n) is 8.09. The number of aromatic amines is 1. The number of likely N-dealkylation sites (tertiary alicyclic amines) is 1. The fraction of sp³-hybridized carbons (Fsp3) is 0.444. The Morgan fingerprint density at radius 3 is 2.87 bits per heavy atom. The van der Waals surface area contributed by atoms with Crippen LogP contribution in [0.25, 0.3) is 10.8 Å². The number of benzene rings is 1. The third-order valence-corrected chi connectivity index (χ3v) is 4.63. The SMILES string of the molecule is Cc1cc(C)c2c(=O)[nH]c(C3CCCN(CC(N)=O)C3)cc2c1. The number of fused-ring (bicyclic) bond motifs is 1. The van der Waals surface area contributed by atoms with E-state index in [1.54, 1.807) is 0 Å². The highest BCUT2D eigenvalue weighted by Crippen LogP contribution is 2.27. The van der Waals surface area contributed by atoms with Crippen molar-refractivity contribution >= 4 is 16.7 Å². The molecule has 1 aromatic carbocycles. The molecule has 1 fully saturated rings. The van der Waals surface area contributed by atoms with Crippen molar-refractivity contribution < 1.29 is 4.79 Å². The van der Waals surface area contributed by atoms with Gasteiger partial charge < -0.3 is 10.7 Å². The van der Waals surface area contributed by atoms with Crippen LogP contribution >= 0.6 is 0 Å². The molecule has 0 aliphatic carbocycles. The van der Waals surface area contributed by atoms with E-state index >= 15 is 0 Å². The van der Waals surface area contributed by atoms with Gasteiger partial charge in [-0.3, -0.25) is 14.5 Å². The predicted molar refractivity (Wildman–Crippen MR) is 91.7 cm³/mol. The lowest BCUT2D eigenvalue weighted by Crippen LogP contribution is -2.40. The van der Waals surface area contributed by atoms with Gasteiger partial charge in [-0.2, -0.15) is 0 Å². The lowest BCUT2D eigenvalue weighted by molar-refractivity contribution is -0.119. The molecule has 1 aromatic heterocycles. The number of amides is 1. The Hall–Kier alpha value is -2.14. The molecule has 1 atom stereocenters. The van der Waals surface area contributed by atoms with Crippen molar-refractivity contribution in [3.05, 3.63) is 45.4 Å². The summed E-state index contributed by atoms with van der Waals surface area (Å²) in [6, 6.07) is 6.19. The molecule has 3 N–H and O–H groups in total. The van der Waals surface area contributed by atoms with Crippen molar-refractivity contribution in [2.24, 2.45) is 5.73 Å². The maximum atomic E-state index is 12.5. The van der Waals surface area contributed by atoms with Crippen molar-refractivity contribution in [3.8, 4) is 0 Å². The molecule has 0 saturated carbocycles. The second-order valence-corrected chi connectivity index (χ2v) is 6.64. The summed E-state index contributed by atoms with van der Waals surface area (Å²) in [5.41, 5.74) is 8.40. The molecule has 0 spiro atoms. The summed E-state index contributed by atoms with van der Waals surface area (Å²) >= 11 is 0. The van der Waals surface area contributed by atoms with E-state index in [4.69, 9.17) is 5.73 Å². The van der Waals surface area contributed by atoms with Crippen molar-refractivity contribution in [3.63, 3.8) is 0 Å². The molecular formula is C18H23N3O2. The van der Waals surface area contributed by atoms with E-state index < -0.39 is 0 Å². The standard InChI is InChI=1S/C18H23N3O2/c1-11-6-12(2)17-14(7-11)8-15(20-18(17)23)13-4-3-5-21(9-13)10-16(19)22/h6-8,13H,3-5,9-10H2,1-2H3,(H2,19,22)(H,20,23). The Kier molecular flexibility index (Phi) is 4.22. The lowest BCUT2D eigenvalue weighted by Gasteiger charge is -2.31. The largest absolute Gasteiger partial charge is 0.369 e. The van der Waals surface area contributed by atoms with Crippen LogP contribution in [0.15, 0.2) is 23.0 Å². The second kappa shape index (κ2) is 6.16. The molecule has 2 heterocycles. The number of nitrogens with one attached hydrogen (secondary N) is 1. The number of H-pyrrole nitrogens is 1. The number of nitrogens with zero attached hydrogens (tertiary/aromatic N) is 1. The van der Waals surface area contributed by atoms with Gasteiger partial charge in [-0.25, -0.2) is 0 Å². The van der Waals surface area contributed by atoms with E-state index in [2.05, 4.69) is 22.0 Å². The summed E-state index contributed by atoms with van der Waals surface area (Å²) in [5, 5.41) is 1.76. The highest BCUT2D eigenvalue weighted by molar-refractivity contribution is 5.85. The fourth-order valence-corrected chi connectivity index (χ4v) is 3.71. The van der Waals surface area contributed by atoms with Gasteiger partial charge >= 0.3 is 0 Å². The Bertz CT molecular complexity index is 810. The maximum absolute atomic E-state index is 12.5. The summed E-state index contributed by atoms with van der Waals surface area (Å²) in [7, 11) is 0. The molecule has 1 saturated heterocycles. The molecule has 1 aliphatic heterocycles. The molecule has 0 radical (unpaired) electrons. The molecule has 2 aromatic rings. The van der Waals surface area contributed by atoms with Crippen LogP contribution in [0, 0.1) is 13.8 Å². The number of aromatic nitrogens is 1. The van der Waals surface area contributed by atoms with Gasteiger partial charge in [0.2, 0.25) is 5.91 Å². The zero-order valence-electron chi connectivity index (χ0n) is 13.7. The maximum Gasteiger partial charge on any atom is 0.256 e. The summed E-state index contributed by atoms with van der Waals surface area (Å²) in [6.45, 7) is 5.94. The average Bonchev–Trinajstić information content (AvgIpc) is 2.45. The molecule has 3 rings (SSSR count). The van der Waals surface area contributed by atoms with Crippen molar-refractivity contribution in [1.29, 1.82) is 0 Å². The van der Waals surface area contributed by atoms with Gasteiger partial charge in [0, 0.05) is 23.5 Å². The van der Waals surface area contributed by atoms with Crippen LogP contribution in [0.2, 0.25) is 0 Å². The van der Waals surface area contributed by atoms with Crippen LogP contribution in [-0.2, 0) is 4.79 Å². The van der Waals surface area contributed by atoms with Gasteiger partial charge in [0.25, 0.3) is 5.56 Å². The smallest absolute Gasteiger partial charge is 0.256 e. The number of nitrogens with two attached hydrogens (primary N) is 1. The first-order valence-corrected chi connectivity index (χ1v) is 8.09. The summed E-state index contributed by atoms with van der Waals surface area (Å²) in [6.07, 6.45) is 2.02. The lowest BCUT2D eigenvalue weighted by atomic mass is 9.92. The number of carbonyl (C=O) groups excluding carboxylic acids is 1. The van der Waals surface area contributed by atoms with Gasteiger partial charge in [-0.05, 0) is 50.2 Å². The number of pyridine rings is 1. The highest BCUT2D eigenvalue weighted by Gasteiger charge is 2.23. The Morgan fingerprint density at radius 1 is 1.35 bits per heavy atom. The van der Waals surface area contributed by atoms with Crippen molar-refractivity contribution in [2.45, 2.75) is 32.6 Å². The highest BCUT2D eigenvalue weighted by atomic mass is 16.1. The Labute approximate surface area is 135 Å². The fourth-order valence-electron chi connectivity index (χ4n) is 3.71. The number of rotatable bonds is 3. The van der Waals surface area contributed by atoms with E-state index in [0.29, 0.717) is 0 Å². The first-order chi connectivity index (χ1) is 10.9. The zero-order chi connectivity index (χ0) is 16.6. The minimum Gasteiger partial charge on any atom is -0.369 e. The summed E-state index contributed by atoms with van der Waals surface area (Å²) < 4.78 is 0. The predicted octanol–water partition coefficient (Wildman–Crippen LogP) is 1.81. The molecular weight excluding hydrogens is 290 g/mol. The van der Waals surface area contributed by atoms with Crippen LogP contribution in [0.1, 0.15) is 35.6 Å². The monoisotopic (exact) mass is 313 g/mol. The van der Waals surface area contributed by atoms with E-state index in [1.807, 2.05) is 19.9 Å². The molecule has 0 bridgehead atoms. The quantitative estimate of drug-likeness (QED) is 0.907. The molecule has 5 nitrogen and oxygen atoms in total. The van der Waals surface area contributed by atoms with Crippen LogP contribution in [-0.4, -0.2) is 35.4 Å². The van der Waals surface area contributed by atoms with Crippen LogP contribution in [0.5, 0.6) is 0 Å². The molecule has 1 aliphatic rings. The van der Waals surface area contributed by atoms with Crippen LogP contribution in [0.3, 0.4) is 0 Å². The van der Waals surface area contributed by atoms with E-state index in [0.717, 1.165) is 53.5 Å². The van der Waals surface area contributed by atoms with Gasteiger partial charge in [-0.15, -0.1) is 0 Å². The molecule has 5 heteroatoms. The van der Waals surface area contributed by atoms with E-state index in [9.17, 15) is 9.59 Å². The topological polar surface area (TPSA) is 79.2 Å². The third kappa shape index (κ3) is 3.29. The molecule has 1 amide bonds. The van der Waals surface area contributed by atoms with Crippen LogP contribution in [0.4, 0.5) is 0 Å². The molecule has 23 heavy (non-hydrogen) atoms. The molecule has 122 valence electrons. The van der Waals surface area contributed by atoms with E-state index in [-0.39, 0.29) is 23.9 Å². The zero-order valence-corrected chi connectivity index (χ0v) is 13.7. The normalized spacial score (nSPS) is 19.1. The number of piperidine rings is 1. The number of hydrogen-bond donors (Lipinski definition) is 2. The Balaban J connectivity index is 1.97. The average molecular weight is 313 g/mol. The van der Waals surface area contributed by atoms with Crippen LogP contribution < -0.4 is 11.3 Å². The third-order valence-electron chi connectivity index (χ3n) is 4.63. The minimum absolute atomic E-state index is 0.0259. The Morgan fingerprint density at radius 2 is 2.13 bits per heavy atom. The number of carbonyl (C=O) groups is 1. The first kappa shape index (κ1) is 15.7. The second-order valence-electron chi connectivity index (χ2n) is 6.64. The number of hydrogen-bond acceptors (Lipinski definition) is 3. The van der Waals surface area contributed by atoms with Gasteiger partial charge in [-0.1, -0.05) is 17.7 Å². The number of primary amides is 1. The summed E-state index contributed by atoms with van der Waals surface area (Å²) in [4.78, 5) is 28.8. The van der Waals surface area contributed by atoms with Gasteiger partial charge in [0.05, 0.1) is 6.54 Å². The summed E-state index contributed by atoms with van der Waals surface area (Å²) in [5.74, 6) is -0.0649. The van der Waals surface area contributed by atoms with E-state index in [1.165, 1.54) is 0 Å². The van der Waals surface area contributed by atoms with Gasteiger partial charge in [0.15, 0.2) is 0 Å². The molecule has 1 unspecified atom stereocenters. The van der Waals surface area contributed by atoms with Gasteiger partial charge in [0.1, 0.15) is 0 Å².